The van der Waals surface area contributed by atoms with Crippen molar-refractivity contribution < 1.29 is 39.6 Å². The topological polar surface area (TPSA) is 105 Å². The quantitative estimate of drug-likeness (QED) is 0.611. The zero-order valence-electron chi connectivity index (χ0n) is 18.0. The van der Waals surface area contributed by atoms with Gasteiger partial charge in [0.05, 0.1) is 11.6 Å². The summed E-state index contributed by atoms with van der Waals surface area (Å²) in [5, 5.41) is 2.13. The number of hydrogen-bond acceptors (Lipinski definition) is 5. The van der Waals surface area contributed by atoms with Gasteiger partial charge < -0.3 is 5.32 Å². The monoisotopic (exact) mass is 513 g/mol. The molecule has 0 bridgehead atoms. The van der Waals surface area contributed by atoms with Gasteiger partial charge in [-0.2, -0.15) is 34.8 Å². The van der Waals surface area contributed by atoms with E-state index in [1.54, 1.807) is 0 Å². The van der Waals surface area contributed by atoms with Gasteiger partial charge in [-0.1, -0.05) is 0 Å². The molecule has 2 heterocycles. The van der Waals surface area contributed by atoms with E-state index in [9.17, 15) is 39.6 Å². The Morgan fingerprint density at radius 3 is 2.26 bits per heavy atom. The number of anilines is 1. The summed E-state index contributed by atoms with van der Waals surface area (Å²) in [5.41, 5.74) is -0.494. The Morgan fingerprint density at radius 2 is 1.74 bits per heavy atom. The summed E-state index contributed by atoms with van der Waals surface area (Å²) >= 11 is 0. The van der Waals surface area contributed by atoms with E-state index in [4.69, 9.17) is 0 Å². The summed E-state index contributed by atoms with van der Waals surface area (Å²) < 4.78 is 108. The molecule has 0 saturated heterocycles. The third-order valence-corrected chi connectivity index (χ3v) is 7.01. The van der Waals surface area contributed by atoms with Crippen molar-refractivity contribution >= 4 is 27.6 Å². The van der Waals surface area contributed by atoms with Crippen molar-refractivity contribution in [2.75, 3.05) is 5.32 Å². The number of amides is 1. The molecular weight excluding hydrogens is 492 g/mol. The molecule has 8 nitrogen and oxygen atoms in total. The minimum atomic E-state index is -4.87. The molecule has 1 aliphatic carbocycles. The van der Waals surface area contributed by atoms with Gasteiger partial charge >= 0.3 is 22.6 Å². The van der Waals surface area contributed by atoms with Gasteiger partial charge in [-0.15, -0.1) is 4.40 Å². The van der Waals surface area contributed by atoms with E-state index >= 15 is 0 Å². The minimum absolute atomic E-state index is 0.0203. The summed E-state index contributed by atoms with van der Waals surface area (Å²) in [6.45, 7) is 2.92. The third kappa shape index (κ3) is 5.67. The molecular formula is C19H21F6N5O3S. The number of hydrogen-bond donors (Lipinski definition) is 1. The summed E-state index contributed by atoms with van der Waals surface area (Å²) in [5.74, 6) is -5.20. The molecule has 1 N–H and O–H groups in total. The molecule has 0 atom stereocenters. The number of nitrogens with one attached hydrogen (secondary N) is 1. The van der Waals surface area contributed by atoms with Crippen molar-refractivity contribution in [2.24, 2.45) is 16.2 Å². The van der Waals surface area contributed by atoms with E-state index < -0.39 is 63.7 Å². The SMILES string of the molecule is CC(C)N1C(C(=O)Nc2ccnc(C(F)(F)F)n2)=CC(C2CCC(C(F)(F)F)CC2)=NS1(=O)=O. The Morgan fingerprint density at radius 1 is 1.12 bits per heavy atom. The molecule has 34 heavy (non-hydrogen) atoms. The van der Waals surface area contributed by atoms with E-state index in [0.717, 1.165) is 18.3 Å². The van der Waals surface area contributed by atoms with Crippen LogP contribution in [0.5, 0.6) is 0 Å². The fourth-order valence-electron chi connectivity index (χ4n) is 3.90. The highest BCUT2D eigenvalue weighted by molar-refractivity contribution is 7.88. The normalized spacial score (nSPS) is 23.4. The Balaban J connectivity index is 1.90. The molecule has 1 amide bonds. The van der Waals surface area contributed by atoms with Crippen LogP contribution in [0.2, 0.25) is 0 Å². The van der Waals surface area contributed by atoms with Gasteiger partial charge in [-0.05, 0) is 51.7 Å². The molecule has 1 aromatic heterocycles. The first-order chi connectivity index (χ1) is 15.6. The van der Waals surface area contributed by atoms with Crippen molar-refractivity contribution in [2.45, 2.75) is 57.9 Å². The fourth-order valence-corrected chi connectivity index (χ4v) is 5.37. The zero-order chi connectivity index (χ0) is 25.5. The van der Waals surface area contributed by atoms with E-state index in [-0.39, 0.29) is 31.4 Å². The molecule has 0 spiro atoms. The molecule has 188 valence electrons. The predicted octanol–water partition coefficient (Wildman–Crippen LogP) is 4.10. The van der Waals surface area contributed by atoms with E-state index in [1.165, 1.54) is 13.8 Å². The van der Waals surface area contributed by atoms with Crippen molar-refractivity contribution in [3.63, 3.8) is 0 Å². The average molecular weight is 513 g/mol. The second kappa shape index (κ2) is 9.15. The highest BCUT2D eigenvalue weighted by atomic mass is 32.2. The zero-order valence-corrected chi connectivity index (χ0v) is 18.8. The van der Waals surface area contributed by atoms with E-state index in [1.807, 2.05) is 0 Å². The second-order valence-electron chi connectivity index (χ2n) is 8.22. The van der Waals surface area contributed by atoms with Crippen LogP contribution in [0, 0.1) is 11.8 Å². The smallest absolute Gasteiger partial charge is 0.305 e. The largest absolute Gasteiger partial charge is 0.451 e. The number of carbonyl (C=O) groups is 1. The number of alkyl halides is 6. The molecule has 1 saturated carbocycles. The summed E-state index contributed by atoms with van der Waals surface area (Å²) in [4.78, 5) is 19.2. The lowest BCUT2D eigenvalue weighted by Gasteiger charge is -2.34. The maximum absolute atomic E-state index is 13.0. The van der Waals surface area contributed by atoms with Crippen molar-refractivity contribution in [1.29, 1.82) is 0 Å². The van der Waals surface area contributed by atoms with E-state index in [0.29, 0.717) is 4.31 Å². The molecule has 1 aliphatic heterocycles. The van der Waals surface area contributed by atoms with Crippen LogP contribution in [0.15, 0.2) is 28.4 Å². The van der Waals surface area contributed by atoms with Crippen molar-refractivity contribution in [3.05, 3.63) is 29.9 Å². The third-order valence-electron chi connectivity index (χ3n) is 5.45. The van der Waals surface area contributed by atoms with Gasteiger partial charge in [-0.25, -0.2) is 14.3 Å². The van der Waals surface area contributed by atoms with Gasteiger partial charge in [0.15, 0.2) is 0 Å². The lowest BCUT2D eigenvalue weighted by atomic mass is 9.79. The van der Waals surface area contributed by atoms with Gasteiger partial charge in [0.1, 0.15) is 11.5 Å². The first-order valence-electron chi connectivity index (χ1n) is 10.2. The van der Waals surface area contributed by atoms with Crippen LogP contribution in [0.4, 0.5) is 32.2 Å². The Bertz CT molecular complexity index is 1110. The summed E-state index contributed by atoms with van der Waals surface area (Å²) in [7, 11) is -4.42. The Kier molecular flexibility index (Phi) is 6.97. The van der Waals surface area contributed by atoms with Crippen LogP contribution in [0.25, 0.3) is 0 Å². The number of rotatable bonds is 4. The Labute approximate surface area is 191 Å². The van der Waals surface area contributed by atoms with Gasteiger partial charge in [0.2, 0.25) is 5.82 Å². The molecule has 1 fully saturated rings. The first-order valence-corrected chi connectivity index (χ1v) is 11.6. The van der Waals surface area contributed by atoms with Gasteiger partial charge in [0, 0.05) is 18.2 Å². The molecule has 0 radical (unpaired) electrons. The molecule has 0 unspecified atom stereocenters. The van der Waals surface area contributed by atoms with Crippen LogP contribution in [0.1, 0.15) is 45.4 Å². The predicted molar refractivity (Wildman–Crippen MR) is 109 cm³/mol. The first kappa shape index (κ1) is 25.9. The molecule has 0 aromatic carbocycles. The molecule has 3 rings (SSSR count). The number of carbonyl (C=O) groups excluding carboxylic acids is 1. The summed E-state index contributed by atoms with van der Waals surface area (Å²) in [6.07, 6.45) is -7.67. The molecule has 2 aliphatic rings. The molecule has 15 heteroatoms. The number of nitrogens with zero attached hydrogens (tertiary/aromatic N) is 4. The van der Waals surface area contributed by atoms with Crippen LogP contribution in [-0.4, -0.2) is 46.5 Å². The number of aromatic nitrogens is 2. The van der Waals surface area contributed by atoms with Crippen LogP contribution < -0.4 is 5.32 Å². The summed E-state index contributed by atoms with van der Waals surface area (Å²) in [6, 6.07) is 0.211. The maximum atomic E-state index is 13.0. The van der Waals surface area contributed by atoms with Crippen molar-refractivity contribution in [3.8, 4) is 0 Å². The molecule has 1 aromatic rings. The highest BCUT2D eigenvalue weighted by Gasteiger charge is 2.43. The average Bonchev–Trinajstić information content (AvgIpc) is 2.71. The maximum Gasteiger partial charge on any atom is 0.451 e. The van der Waals surface area contributed by atoms with Gasteiger partial charge in [0.25, 0.3) is 5.91 Å². The lowest BCUT2D eigenvalue weighted by Crippen LogP contribution is -2.43. The second-order valence-corrected chi connectivity index (χ2v) is 9.69. The van der Waals surface area contributed by atoms with Crippen LogP contribution in [0.3, 0.4) is 0 Å². The Hall–Kier alpha value is -2.71. The fraction of sp³-hybridized carbons (Fsp3) is 0.579. The van der Waals surface area contributed by atoms with Gasteiger partial charge in [-0.3, -0.25) is 4.79 Å². The minimum Gasteiger partial charge on any atom is -0.305 e. The number of halogens is 6. The highest BCUT2D eigenvalue weighted by Crippen LogP contribution is 2.41. The van der Waals surface area contributed by atoms with E-state index in [2.05, 4.69) is 19.7 Å². The van der Waals surface area contributed by atoms with Crippen molar-refractivity contribution in [1.82, 2.24) is 14.3 Å². The van der Waals surface area contributed by atoms with Crippen LogP contribution >= 0.6 is 0 Å². The standard InChI is InChI=1S/C19H21F6N5O3S/c1-10(2)30-14(16(31)27-15-7-8-26-17(28-15)19(23,24)25)9-13(29-34(30,32)33)11-3-5-12(6-4-11)18(20,21)22/h7-12H,3-6H2,1-2H3,(H,26,27,28,31). The number of allylic oxidation sites excluding steroid dienone is 1. The lowest BCUT2D eigenvalue weighted by molar-refractivity contribution is -0.182. The van der Waals surface area contributed by atoms with Crippen LogP contribution in [-0.2, 0) is 21.2 Å².